The van der Waals surface area contributed by atoms with Crippen molar-refractivity contribution in [1.29, 1.82) is 5.26 Å². The van der Waals surface area contributed by atoms with E-state index in [4.69, 9.17) is 4.74 Å². The molecule has 2 aromatic carbocycles. The fourth-order valence-corrected chi connectivity index (χ4v) is 3.25. The van der Waals surface area contributed by atoms with Crippen LogP contribution in [0, 0.1) is 23.7 Å². The highest BCUT2D eigenvalue weighted by Crippen LogP contribution is 2.50. The van der Waals surface area contributed by atoms with E-state index in [2.05, 4.69) is 56.0 Å². The van der Waals surface area contributed by atoms with Crippen molar-refractivity contribution in [2.45, 2.75) is 25.9 Å². The van der Waals surface area contributed by atoms with Crippen LogP contribution in [0.5, 0.6) is 0 Å². The average Bonchev–Trinajstić information content (AvgIpc) is 2.92. The maximum absolute atomic E-state index is 9.96. The van der Waals surface area contributed by atoms with E-state index in [1.807, 2.05) is 18.2 Å². The van der Waals surface area contributed by atoms with E-state index in [9.17, 15) is 5.26 Å². The van der Waals surface area contributed by atoms with Crippen molar-refractivity contribution in [3.63, 3.8) is 0 Å². The fourth-order valence-electron chi connectivity index (χ4n) is 3.25. The topological polar surface area (TPSA) is 33.0 Å². The monoisotopic (exact) mass is 303 g/mol. The minimum Gasteiger partial charge on any atom is -0.367 e. The van der Waals surface area contributed by atoms with Gasteiger partial charge in [0.05, 0.1) is 12.7 Å². The second-order valence-corrected chi connectivity index (χ2v) is 6.27. The van der Waals surface area contributed by atoms with Crippen molar-refractivity contribution < 1.29 is 4.74 Å². The lowest BCUT2D eigenvalue weighted by molar-refractivity contribution is 0.0675. The highest BCUT2D eigenvalue weighted by atomic mass is 16.5. The molecule has 23 heavy (non-hydrogen) atoms. The Morgan fingerprint density at radius 2 is 1.87 bits per heavy atom. The second kappa shape index (κ2) is 6.40. The molecule has 0 aliphatic carbocycles. The summed E-state index contributed by atoms with van der Waals surface area (Å²) in [7, 11) is 0. The van der Waals surface area contributed by atoms with Crippen molar-refractivity contribution in [3.05, 3.63) is 83.4 Å². The first-order chi connectivity index (χ1) is 11.2. The molecule has 1 fully saturated rings. The van der Waals surface area contributed by atoms with Gasteiger partial charge in [-0.3, -0.25) is 0 Å². The van der Waals surface area contributed by atoms with Gasteiger partial charge >= 0.3 is 0 Å². The normalized spacial score (nSPS) is 23.7. The molecule has 2 aromatic rings. The Morgan fingerprint density at radius 3 is 2.52 bits per heavy atom. The summed E-state index contributed by atoms with van der Waals surface area (Å²) < 4.78 is 5.96. The summed E-state index contributed by atoms with van der Waals surface area (Å²) >= 11 is 0. The highest BCUT2D eigenvalue weighted by molar-refractivity contribution is 5.36. The molecule has 0 unspecified atom stereocenters. The summed E-state index contributed by atoms with van der Waals surface area (Å²) in [6.07, 6.45) is 1.34. The van der Waals surface area contributed by atoms with Gasteiger partial charge in [0.1, 0.15) is 11.5 Å². The molecule has 1 aliphatic heterocycles. The predicted molar refractivity (Wildman–Crippen MR) is 91.8 cm³/mol. The molecule has 1 heterocycles. The summed E-state index contributed by atoms with van der Waals surface area (Å²) in [5, 5.41) is 9.96. The van der Waals surface area contributed by atoms with Crippen LogP contribution in [0.15, 0.2) is 66.7 Å². The molecule has 0 radical (unpaired) electrons. The molecule has 0 amide bonds. The molecule has 116 valence electrons. The van der Waals surface area contributed by atoms with E-state index in [-0.39, 0.29) is 6.10 Å². The van der Waals surface area contributed by atoms with Crippen molar-refractivity contribution in [2.24, 2.45) is 5.41 Å². The molecule has 0 N–H and O–H groups in total. The zero-order valence-electron chi connectivity index (χ0n) is 13.5. The largest absolute Gasteiger partial charge is 0.367 e. The summed E-state index contributed by atoms with van der Waals surface area (Å²) in [6.45, 7) is 6.66. The highest BCUT2D eigenvalue weighted by Gasteiger charge is 2.48. The van der Waals surface area contributed by atoms with E-state index >= 15 is 0 Å². The molecule has 2 atom stereocenters. The zero-order chi connectivity index (χ0) is 16.3. The maximum atomic E-state index is 9.96. The van der Waals surface area contributed by atoms with Crippen LogP contribution in [0.4, 0.5) is 0 Å². The molecule has 0 saturated carbocycles. The third kappa shape index (κ3) is 2.93. The van der Waals surface area contributed by atoms with Gasteiger partial charge in [0.25, 0.3) is 0 Å². The summed E-state index contributed by atoms with van der Waals surface area (Å²) in [6, 6.07) is 21.1. The van der Waals surface area contributed by atoms with Crippen LogP contribution in [0.2, 0.25) is 0 Å². The standard InChI is InChI=1S/C21H21NO/c1-16-8-10-19(11-9-16)20-21(15-22,17(2)14-23-20)13-12-18-6-4-3-5-7-18/h3-11,20H,2,12-14H2,1H3/t20-,21+/m0/s1. The van der Waals surface area contributed by atoms with Gasteiger partial charge in [0, 0.05) is 0 Å². The summed E-state index contributed by atoms with van der Waals surface area (Å²) in [5.74, 6) is 0. The summed E-state index contributed by atoms with van der Waals surface area (Å²) in [5.41, 5.74) is 3.75. The third-order valence-corrected chi connectivity index (χ3v) is 4.73. The molecular formula is C21H21NO. The third-order valence-electron chi connectivity index (χ3n) is 4.73. The van der Waals surface area contributed by atoms with E-state index in [0.29, 0.717) is 6.61 Å². The SMILES string of the molecule is C=C1CO[C@@H](c2ccc(C)cc2)[C@@]1(C#N)CCc1ccccc1. The Bertz CT molecular complexity index is 727. The molecular weight excluding hydrogens is 282 g/mol. The Labute approximate surface area is 138 Å². The Hall–Kier alpha value is -2.37. The van der Waals surface area contributed by atoms with Crippen LogP contribution in [0.3, 0.4) is 0 Å². The number of benzene rings is 2. The molecule has 0 aromatic heterocycles. The smallest absolute Gasteiger partial charge is 0.111 e. The van der Waals surface area contributed by atoms with E-state index in [1.165, 1.54) is 11.1 Å². The maximum Gasteiger partial charge on any atom is 0.111 e. The van der Waals surface area contributed by atoms with Crippen molar-refractivity contribution in [2.75, 3.05) is 6.61 Å². The number of hydrogen-bond donors (Lipinski definition) is 0. The van der Waals surface area contributed by atoms with Crippen molar-refractivity contribution in [1.82, 2.24) is 0 Å². The lowest BCUT2D eigenvalue weighted by Crippen LogP contribution is -2.25. The molecule has 0 bridgehead atoms. The molecule has 0 spiro atoms. The Kier molecular flexibility index (Phi) is 4.32. The minimum atomic E-state index is -0.648. The summed E-state index contributed by atoms with van der Waals surface area (Å²) in [4.78, 5) is 0. The average molecular weight is 303 g/mol. The van der Waals surface area contributed by atoms with Crippen LogP contribution in [-0.4, -0.2) is 6.61 Å². The van der Waals surface area contributed by atoms with Gasteiger partial charge in [-0.15, -0.1) is 0 Å². The molecule has 1 aliphatic rings. The number of hydrogen-bond acceptors (Lipinski definition) is 2. The van der Waals surface area contributed by atoms with Crippen LogP contribution >= 0.6 is 0 Å². The second-order valence-electron chi connectivity index (χ2n) is 6.27. The number of rotatable bonds is 4. The number of nitrogens with zero attached hydrogens (tertiary/aromatic N) is 1. The zero-order valence-corrected chi connectivity index (χ0v) is 13.5. The lowest BCUT2D eigenvalue weighted by atomic mass is 9.72. The molecule has 1 saturated heterocycles. The first-order valence-corrected chi connectivity index (χ1v) is 7.97. The Morgan fingerprint density at radius 1 is 1.17 bits per heavy atom. The number of aryl methyl sites for hydroxylation is 2. The quantitative estimate of drug-likeness (QED) is 0.763. The van der Waals surface area contributed by atoms with E-state index in [1.54, 1.807) is 0 Å². The van der Waals surface area contributed by atoms with E-state index < -0.39 is 5.41 Å². The van der Waals surface area contributed by atoms with Crippen LogP contribution in [-0.2, 0) is 11.2 Å². The van der Waals surface area contributed by atoms with Gasteiger partial charge in [0.2, 0.25) is 0 Å². The van der Waals surface area contributed by atoms with Crippen LogP contribution in [0.25, 0.3) is 0 Å². The fraction of sp³-hybridized carbons (Fsp3) is 0.286. The predicted octanol–water partition coefficient (Wildman–Crippen LogP) is 4.77. The van der Waals surface area contributed by atoms with Gasteiger partial charge in [-0.1, -0.05) is 66.7 Å². The van der Waals surface area contributed by atoms with Gasteiger partial charge in [-0.05, 0) is 36.5 Å². The molecule has 3 rings (SSSR count). The van der Waals surface area contributed by atoms with Gasteiger partial charge < -0.3 is 4.74 Å². The lowest BCUT2D eigenvalue weighted by Gasteiger charge is -2.28. The Balaban J connectivity index is 1.88. The van der Waals surface area contributed by atoms with Gasteiger partial charge in [0.15, 0.2) is 0 Å². The number of ether oxygens (including phenoxy) is 1. The number of nitriles is 1. The first kappa shape index (κ1) is 15.5. The van der Waals surface area contributed by atoms with Crippen LogP contribution in [0.1, 0.15) is 29.2 Å². The minimum absolute atomic E-state index is 0.232. The molecule has 2 heteroatoms. The van der Waals surface area contributed by atoms with E-state index in [0.717, 1.165) is 24.0 Å². The van der Waals surface area contributed by atoms with Crippen LogP contribution < -0.4 is 0 Å². The van der Waals surface area contributed by atoms with Crippen molar-refractivity contribution in [3.8, 4) is 6.07 Å². The van der Waals surface area contributed by atoms with Gasteiger partial charge in [-0.25, -0.2) is 0 Å². The molecule has 2 nitrogen and oxygen atoms in total. The van der Waals surface area contributed by atoms with Crippen molar-refractivity contribution >= 4 is 0 Å². The first-order valence-electron chi connectivity index (χ1n) is 7.97. The van der Waals surface area contributed by atoms with Gasteiger partial charge in [-0.2, -0.15) is 5.26 Å².